The highest BCUT2D eigenvalue weighted by molar-refractivity contribution is 7.18. The summed E-state index contributed by atoms with van der Waals surface area (Å²) >= 11 is 1.67. The molecule has 22 heavy (non-hydrogen) atoms. The molecule has 1 aliphatic heterocycles. The van der Waals surface area contributed by atoms with Crippen molar-refractivity contribution in [1.29, 1.82) is 0 Å². The topological polar surface area (TPSA) is 69.0 Å². The predicted octanol–water partition coefficient (Wildman–Crippen LogP) is 1.18. The fourth-order valence-corrected chi connectivity index (χ4v) is 3.59. The Kier molecular flexibility index (Phi) is 3.79. The molecule has 114 valence electrons. The van der Waals surface area contributed by atoms with Gasteiger partial charge < -0.3 is 4.74 Å². The second-order valence-electron chi connectivity index (χ2n) is 5.28. The average Bonchev–Trinajstić information content (AvgIpc) is 3.16. The van der Waals surface area contributed by atoms with E-state index in [-0.39, 0.29) is 6.10 Å². The Bertz CT molecular complexity index is 710. The van der Waals surface area contributed by atoms with E-state index in [1.807, 2.05) is 23.0 Å². The minimum Gasteiger partial charge on any atom is -0.374 e. The molecular weight excluding hydrogens is 300 g/mol. The third kappa shape index (κ3) is 2.99. The van der Waals surface area contributed by atoms with Gasteiger partial charge in [0.25, 0.3) is 0 Å². The molecule has 1 atom stereocenters. The van der Waals surface area contributed by atoms with Crippen molar-refractivity contribution in [2.75, 3.05) is 19.7 Å². The molecule has 4 heterocycles. The molecule has 0 aromatic carbocycles. The molecule has 1 fully saturated rings. The number of thiazole rings is 1. The van der Waals surface area contributed by atoms with Crippen molar-refractivity contribution in [2.45, 2.75) is 19.2 Å². The molecule has 4 rings (SSSR count). The second kappa shape index (κ2) is 6.07. The van der Waals surface area contributed by atoms with Crippen molar-refractivity contribution < 1.29 is 4.74 Å². The number of hydrogen-bond acceptors (Lipinski definition) is 7. The Morgan fingerprint density at radius 3 is 3.27 bits per heavy atom. The zero-order valence-corrected chi connectivity index (χ0v) is 12.8. The van der Waals surface area contributed by atoms with Crippen LogP contribution in [0.4, 0.5) is 0 Å². The maximum Gasteiger partial charge on any atom is 0.143 e. The van der Waals surface area contributed by atoms with E-state index in [2.05, 4.69) is 25.0 Å². The molecule has 0 aliphatic carbocycles. The molecule has 0 N–H and O–H groups in total. The minimum atomic E-state index is 0.142. The van der Waals surface area contributed by atoms with Crippen LogP contribution in [0.1, 0.15) is 5.01 Å². The van der Waals surface area contributed by atoms with Gasteiger partial charge in [-0.1, -0.05) is 11.3 Å². The third-order valence-electron chi connectivity index (χ3n) is 3.65. The normalized spacial score (nSPS) is 19.7. The van der Waals surface area contributed by atoms with Crippen LogP contribution in [-0.2, 0) is 17.8 Å². The van der Waals surface area contributed by atoms with Crippen LogP contribution < -0.4 is 0 Å². The van der Waals surface area contributed by atoms with Crippen LogP contribution >= 0.6 is 11.3 Å². The lowest BCUT2D eigenvalue weighted by atomic mass is 10.2. The summed E-state index contributed by atoms with van der Waals surface area (Å²) in [6, 6.07) is 3.93. The summed E-state index contributed by atoms with van der Waals surface area (Å²) in [6.45, 7) is 4.12. The first kappa shape index (κ1) is 13.7. The molecule has 0 saturated carbocycles. The number of nitrogens with zero attached hydrogens (tertiary/aromatic N) is 6. The molecule has 1 saturated heterocycles. The molecular formula is C14H16N6OS. The van der Waals surface area contributed by atoms with Crippen LogP contribution in [0.25, 0.3) is 10.3 Å². The molecule has 7 nitrogen and oxygen atoms in total. The van der Waals surface area contributed by atoms with Gasteiger partial charge in [-0.3, -0.25) is 9.58 Å². The number of rotatable bonds is 4. The van der Waals surface area contributed by atoms with Gasteiger partial charge in [0.2, 0.25) is 0 Å². The predicted molar refractivity (Wildman–Crippen MR) is 82.5 cm³/mol. The number of aromatic nitrogens is 5. The smallest absolute Gasteiger partial charge is 0.143 e. The van der Waals surface area contributed by atoms with Gasteiger partial charge in [-0.2, -0.15) is 5.10 Å². The highest BCUT2D eigenvalue weighted by atomic mass is 32.1. The molecule has 0 spiro atoms. The lowest BCUT2D eigenvalue weighted by Crippen LogP contribution is -2.43. The van der Waals surface area contributed by atoms with Gasteiger partial charge >= 0.3 is 0 Å². The highest BCUT2D eigenvalue weighted by Gasteiger charge is 2.22. The van der Waals surface area contributed by atoms with E-state index in [1.54, 1.807) is 24.0 Å². The summed E-state index contributed by atoms with van der Waals surface area (Å²) in [5.74, 6) is 0. The summed E-state index contributed by atoms with van der Waals surface area (Å²) in [6.07, 6.45) is 5.23. The number of morpholine rings is 1. The van der Waals surface area contributed by atoms with E-state index in [9.17, 15) is 0 Å². The summed E-state index contributed by atoms with van der Waals surface area (Å²) in [5.41, 5.74) is 0.981. The van der Waals surface area contributed by atoms with Crippen LogP contribution in [0.2, 0.25) is 0 Å². The number of hydrogen-bond donors (Lipinski definition) is 0. The molecule has 1 unspecified atom stereocenters. The van der Waals surface area contributed by atoms with E-state index >= 15 is 0 Å². The van der Waals surface area contributed by atoms with Crippen LogP contribution in [-0.4, -0.2) is 55.4 Å². The Balaban J connectivity index is 1.41. The molecule has 0 bridgehead atoms. The van der Waals surface area contributed by atoms with Crippen LogP contribution in [0, 0.1) is 0 Å². The standard InChI is InChI=1S/C14H16N6OS/c1-2-12-14(16-3-1)22-13(18-12)8-19-4-5-21-11(6-19)7-20-10-15-9-17-20/h1-3,9-11H,4-8H2. The third-order valence-corrected chi connectivity index (χ3v) is 4.61. The Labute approximate surface area is 131 Å². The van der Waals surface area contributed by atoms with Gasteiger partial charge in [-0.25, -0.2) is 15.0 Å². The first-order valence-electron chi connectivity index (χ1n) is 7.23. The van der Waals surface area contributed by atoms with Crippen molar-refractivity contribution >= 4 is 21.7 Å². The monoisotopic (exact) mass is 316 g/mol. The summed E-state index contributed by atoms with van der Waals surface area (Å²) < 4.78 is 7.63. The lowest BCUT2D eigenvalue weighted by Gasteiger charge is -2.32. The Morgan fingerprint density at radius 1 is 1.41 bits per heavy atom. The second-order valence-corrected chi connectivity index (χ2v) is 6.34. The van der Waals surface area contributed by atoms with Crippen LogP contribution in [0.15, 0.2) is 31.0 Å². The van der Waals surface area contributed by atoms with E-state index in [0.29, 0.717) is 0 Å². The maximum atomic E-state index is 5.82. The molecule has 0 radical (unpaired) electrons. The summed E-state index contributed by atoms with van der Waals surface area (Å²) in [5, 5.41) is 5.24. The van der Waals surface area contributed by atoms with Crippen LogP contribution in [0.5, 0.6) is 0 Å². The van der Waals surface area contributed by atoms with E-state index in [0.717, 1.165) is 48.1 Å². The highest BCUT2D eigenvalue weighted by Crippen LogP contribution is 2.21. The first-order valence-corrected chi connectivity index (χ1v) is 8.05. The maximum absolute atomic E-state index is 5.82. The molecule has 3 aromatic rings. The fraction of sp³-hybridized carbons (Fsp3) is 0.429. The van der Waals surface area contributed by atoms with Crippen molar-refractivity contribution in [3.63, 3.8) is 0 Å². The number of pyridine rings is 1. The Hall–Kier alpha value is -1.90. The average molecular weight is 316 g/mol. The minimum absolute atomic E-state index is 0.142. The van der Waals surface area contributed by atoms with E-state index in [4.69, 9.17) is 4.74 Å². The van der Waals surface area contributed by atoms with Crippen molar-refractivity contribution in [3.05, 3.63) is 36.0 Å². The fourth-order valence-electron chi connectivity index (χ4n) is 2.64. The lowest BCUT2D eigenvalue weighted by molar-refractivity contribution is -0.0402. The van der Waals surface area contributed by atoms with Crippen molar-refractivity contribution in [1.82, 2.24) is 29.6 Å². The molecule has 3 aromatic heterocycles. The molecule has 1 aliphatic rings. The molecule has 0 amide bonds. The van der Waals surface area contributed by atoms with Crippen LogP contribution in [0.3, 0.4) is 0 Å². The van der Waals surface area contributed by atoms with Gasteiger partial charge in [0, 0.05) is 19.3 Å². The quantitative estimate of drug-likeness (QED) is 0.720. The van der Waals surface area contributed by atoms with Crippen molar-refractivity contribution in [3.8, 4) is 0 Å². The number of fused-ring (bicyclic) bond motifs is 1. The van der Waals surface area contributed by atoms with E-state index < -0.39 is 0 Å². The van der Waals surface area contributed by atoms with Gasteiger partial charge in [-0.15, -0.1) is 0 Å². The van der Waals surface area contributed by atoms with Gasteiger partial charge in [0.05, 0.1) is 25.8 Å². The first-order chi connectivity index (χ1) is 10.9. The zero-order chi connectivity index (χ0) is 14.8. The van der Waals surface area contributed by atoms with Gasteiger partial charge in [0.15, 0.2) is 0 Å². The Morgan fingerprint density at radius 2 is 2.41 bits per heavy atom. The van der Waals surface area contributed by atoms with Gasteiger partial charge in [-0.05, 0) is 12.1 Å². The van der Waals surface area contributed by atoms with E-state index in [1.165, 1.54) is 0 Å². The number of ether oxygens (including phenoxy) is 1. The summed E-state index contributed by atoms with van der Waals surface area (Å²) in [7, 11) is 0. The van der Waals surface area contributed by atoms with Crippen molar-refractivity contribution in [2.24, 2.45) is 0 Å². The largest absolute Gasteiger partial charge is 0.374 e. The van der Waals surface area contributed by atoms with Gasteiger partial charge in [0.1, 0.15) is 28.0 Å². The summed E-state index contributed by atoms with van der Waals surface area (Å²) in [4.78, 5) is 16.4. The molecule has 8 heteroatoms. The SMILES string of the molecule is c1cnc2sc(CN3CCOC(Cn4cncn4)C3)nc2c1. The zero-order valence-electron chi connectivity index (χ0n) is 12.0.